The molecule has 0 aliphatic heterocycles. The first kappa shape index (κ1) is 12.0. The standard InChI is InChI=1S/C11H20N2O2/c1-4-9(2)13-10(14)12-8-11(15-3)6-5-7-11/h4,9H,1,5-8H2,2-3H3,(H2,12,13,14)/t9-/m0/s1. The Bertz CT molecular complexity index is 231. The second-order valence-electron chi connectivity index (χ2n) is 4.09. The van der Waals surface area contributed by atoms with Gasteiger partial charge in [0.2, 0.25) is 0 Å². The summed E-state index contributed by atoms with van der Waals surface area (Å²) in [6.07, 6.45) is 4.93. The number of carbonyl (C=O) groups excluding carboxylic acids is 1. The summed E-state index contributed by atoms with van der Waals surface area (Å²) in [6.45, 7) is 6.06. The maximum Gasteiger partial charge on any atom is 0.315 e. The first-order valence-electron chi connectivity index (χ1n) is 5.34. The van der Waals surface area contributed by atoms with Crippen molar-refractivity contribution in [3.05, 3.63) is 12.7 Å². The zero-order valence-corrected chi connectivity index (χ0v) is 9.51. The lowest BCUT2D eigenvalue weighted by Gasteiger charge is -2.40. The summed E-state index contributed by atoms with van der Waals surface area (Å²) in [5.74, 6) is 0. The molecule has 0 spiro atoms. The van der Waals surface area contributed by atoms with Crippen LogP contribution in [0.1, 0.15) is 26.2 Å². The number of rotatable bonds is 5. The molecule has 0 aromatic carbocycles. The van der Waals surface area contributed by atoms with Gasteiger partial charge in [0.15, 0.2) is 0 Å². The van der Waals surface area contributed by atoms with Gasteiger partial charge in [-0.2, -0.15) is 0 Å². The SMILES string of the molecule is C=C[C@H](C)NC(=O)NCC1(OC)CCC1. The molecular formula is C11H20N2O2. The Morgan fingerprint density at radius 2 is 2.33 bits per heavy atom. The van der Waals surface area contributed by atoms with Crippen LogP contribution >= 0.6 is 0 Å². The van der Waals surface area contributed by atoms with Crippen LogP contribution in [-0.2, 0) is 4.74 Å². The van der Waals surface area contributed by atoms with Crippen LogP contribution in [0, 0.1) is 0 Å². The van der Waals surface area contributed by atoms with E-state index in [0.717, 1.165) is 12.8 Å². The third-order valence-corrected chi connectivity index (χ3v) is 2.98. The predicted molar refractivity (Wildman–Crippen MR) is 59.8 cm³/mol. The molecule has 1 atom stereocenters. The van der Waals surface area contributed by atoms with E-state index in [1.54, 1.807) is 13.2 Å². The average molecular weight is 212 g/mol. The van der Waals surface area contributed by atoms with Gasteiger partial charge in [-0.3, -0.25) is 0 Å². The number of hydrogen-bond acceptors (Lipinski definition) is 2. The fraction of sp³-hybridized carbons (Fsp3) is 0.727. The number of ether oxygens (including phenoxy) is 1. The number of urea groups is 1. The molecule has 1 aliphatic carbocycles. The zero-order valence-electron chi connectivity index (χ0n) is 9.51. The van der Waals surface area contributed by atoms with Crippen molar-refractivity contribution in [2.24, 2.45) is 0 Å². The average Bonchev–Trinajstić information content (AvgIpc) is 2.16. The smallest absolute Gasteiger partial charge is 0.315 e. The predicted octanol–water partition coefficient (Wildman–Crippen LogP) is 1.43. The fourth-order valence-corrected chi connectivity index (χ4v) is 1.58. The van der Waals surface area contributed by atoms with Crippen LogP contribution in [0.3, 0.4) is 0 Å². The van der Waals surface area contributed by atoms with Gasteiger partial charge in [-0.1, -0.05) is 6.08 Å². The number of hydrogen-bond donors (Lipinski definition) is 2. The molecule has 1 aliphatic rings. The Morgan fingerprint density at radius 3 is 2.73 bits per heavy atom. The fourth-order valence-electron chi connectivity index (χ4n) is 1.58. The van der Waals surface area contributed by atoms with E-state index in [0.29, 0.717) is 6.54 Å². The van der Waals surface area contributed by atoms with Crippen LogP contribution in [0.5, 0.6) is 0 Å². The molecule has 15 heavy (non-hydrogen) atoms. The lowest BCUT2D eigenvalue weighted by Crippen LogP contribution is -2.52. The van der Waals surface area contributed by atoms with Gasteiger partial charge < -0.3 is 15.4 Å². The van der Waals surface area contributed by atoms with Crippen LogP contribution in [0.25, 0.3) is 0 Å². The summed E-state index contributed by atoms with van der Waals surface area (Å²) >= 11 is 0. The lowest BCUT2D eigenvalue weighted by molar-refractivity contribution is -0.0674. The van der Waals surface area contributed by atoms with Crippen LogP contribution in [-0.4, -0.2) is 31.3 Å². The molecule has 0 unspecified atom stereocenters. The maximum atomic E-state index is 11.4. The minimum absolute atomic E-state index is 0.00937. The van der Waals surface area contributed by atoms with Gasteiger partial charge in [0, 0.05) is 19.7 Å². The van der Waals surface area contributed by atoms with Crippen LogP contribution < -0.4 is 10.6 Å². The highest BCUT2D eigenvalue weighted by molar-refractivity contribution is 5.74. The van der Waals surface area contributed by atoms with Gasteiger partial charge in [-0.25, -0.2) is 4.79 Å². The molecule has 0 aromatic rings. The Kier molecular flexibility index (Phi) is 4.15. The molecule has 1 saturated carbocycles. The number of nitrogens with one attached hydrogen (secondary N) is 2. The maximum absolute atomic E-state index is 11.4. The zero-order chi connectivity index (χ0) is 11.3. The first-order valence-corrected chi connectivity index (χ1v) is 5.34. The number of carbonyl (C=O) groups is 1. The van der Waals surface area contributed by atoms with Crippen molar-refractivity contribution in [1.29, 1.82) is 0 Å². The van der Waals surface area contributed by atoms with Crippen molar-refractivity contribution in [3.8, 4) is 0 Å². The molecule has 0 saturated heterocycles. The second kappa shape index (κ2) is 5.16. The van der Waals surface area contributed by atoms with E-state index in [9.17, 15) is 4.79 Å². The second-order valence-corrected chi connectivity index (χ2v) is 4.09. The molecule has 1 rings (SSSR count). The van der Waals surface area contributed by atoms with Crippen molar-refractivity contribution in [1.82, 2.24) is 10.6 Å². The first-order chi connectivity index (χ1) is 7.12. The normalized spacial score (nSPS) is 19.9. The Labute approximate surface area is 91.1 Å². The molecule has 4 heteroatoms. The number of amides is 2. The van der Waals surface area contributed by atoms with E-state index in [-0.39, 0.29) is 17.7 Å². The molecule has 86 valence electrons. The van der Waals surface area contributed by atoms with E-state index >= 15 is 0 Å². The summed E-state index contributed by atoms with van der Waals surface area (Å²) in [4.78, 5) is 11.4. The van der Waals surface area contributed by atoms with Gasteiger partial charge in [0.05, 0.1) is 5.60 Å². The van der Waals surface area contributed by atoms with Crippen LogP contribution in [0.15, 0.2) is 12.7 Å². The summed E-state index contributed by atoms with van der Waals surface area (Å²) in [5, 5.41) is 5.57. The molecule has 0 heterocycles. The highest BCUT2D eigenvalue weighted by atomic mass is 16.5. The van der Waals surface area contributed by atoms with Crippen LogP contribution in [0.2, 0.25) is 0 Å². The Hall–Kier alpha value is -1.03. The third kappa shape index (κ3) is 3.23. The van der Waals surface area contributed by atoms with Crippen molar-refractivity contribution in [2.75, 3.05) is 13.7 Å². The van der Waals surface area contributed by atoms with Gasteiger partial charge in [0.1, 0.15) is 0 Å². The van der Waals surface area contributed by atoms with E-state index in [2.05, 4.69) is 17.2 Å². The Balaban J connectivity index is 2.24. The summed E-state index contributed by atoms with van der Waals surface area (Å²) < 4.78 is 5.39. The molecule has 0 bridgehead atoms. The van der Waals surface area contributed by atoms with Gasteiger partial charge >= 0.3 is 6.03 Å². The van der Waals surface area contributed by atoms with Gasteiger partial charge in [0.25, 0.3) is 0 Å². The minimum atomic E-state index is -0.161. The largest absolute Gasteiger partial charge is 0.376 e. The van der Waals surface area contributed by atoms with E-state index < -0.39 is 0 Å². The monoisotopic (exact) mass is 212 g/mol. The molecule has 2 N–H and O–H groups in total. The highest BCUT2D eigenvalue weighted by Gasteiger charge is 2.37. The van der Waals surface area contributed by atoms with Crippen LogP contribution in [0.4, 0.5) is 4.79 Å². The summed E-state index contributed by atoms with van der Waals surface area (Å²) in [7, 11) is 1.70. The van der Waals surface area contributed by atoms with E-state index in [1.165, 1.54) is 6.42 Å². The van der Waals surface area contributed by atoms with Gasteiger partial charge in [-0.05, 0) is 26.2 Å². The van der Waals surface area contributed by atoms with Crippen molar-refractivity contribution in [2.45, 2.75) is 37.8 Å². The summed E-state index contributed by atoms with van der Waals surface area (Å²) in [5.41, 5.74) is -0.116. The molecular weight excluding hydrogens is 192 g/mol. The van der Waals surface area contributed by atoms with Crippen molar-refractivity contribution in [3.63, 3.8) is 0 Å². The molecule has 4 nitrogen and oxygen atoms in total. The molecule has 1 fully saturated rings. The van der Waals surface area contributed by atoms with Crippen molar-refractivity contribution < 1.29 is 9.53 Å². The molecule has 0 aromatic heterocycles. The minimum Gasteiger partial charge on any atom is -0.376 e. The van der Waals surface area contributed by atoms with Gasteiger partial charge in [-0.15, -0.1) is 6.58 Å². The van der Waals surface area contributed by atoms with E-state index in [1.807, 2.05) is 6.92 Å². The topological polar surface area (TPSA) is 50.4 Å². The quantitative estimate of drug-likeness (QED) is 0.677. The highest BCUT2D eigenvalue weighted by Crippen LogP contribution is 2.34. The molecule has 0 radical (unpaired) electrons. The van der Waals surface area contributed by atoms with Crippen molar-refractivity contribution >= 4 is 6.03 Å². The lowest BCUT2D eigenvalue weighted by atomic mass is 9.80. The third-order valence-electron chi connectivity index (χ3n) is 2.98. The Morgan fingerprint density at radius 1 is 1.67 bits per heavy atom. The molecule has 2 amide bonds. The number of methoxy groups -OCH3 is 1. The van der Waals surface area contributed by atoms with E-state index in [4.69, 9.17) is 4.74 Å². The summed E-state index contributed by atoms with van der Waals surface area (Å²) in [6, 6.07) is -0.171.